The summed E-state index contributed by atoms with van der Waals surface area (Å²) >= 11 is 3.63. The van der Waals surface area contributed by atoms with Crippen LogP contribution in [0.25, 0.3) is 0 Å². The van der Waals surface area contributed by atoms with Crippen LogP contribution in [0.15, 0.2) is 0 Å². The Balaban J connectivity index is 2.28. The van der Waals surface area contributed by atoms with Crippen LogP contribution in [0, 0.1) is 5.92 Å². The van der Waals surface area contributed by atoms with Crippen molar-refractivity contribution in [3.8, 4) is 0 Å². The van der Waals surface area contributed by atoms with E-state index < -0.39 is 0 Å². The largest absolute Gasteiger partial charge is 0.379 e. The third-order valence-electron chi connectivity index (χ3n) is 3.80. The van der Waals surface area contributed by atoms with Gasteiger partial charge in [0.05, 0.1) is 18.8 Å². The molecule has 0 unspecified atom stereocenters. The van der Waals surface area contributed by atoms with Crippen molar-refractivity contribution < 1.29 is 9.47 Å². The highest BCUT2D eigenvalue weighted by molar-refractivity contribution is 9.09. The first-order valence-corrected chi connectivity index (χ1v) is 8.16. The molecule has 0 aliphatic heterocycles. The van der Waals surface area contributed by atoms with Gasteiger partial charge in [0.15, 0.2) is 0 Å². The average molecular weight is 307 g/mol. The molecule has 102 valence electrons. The molecule has 2 nitrogen and oxygen atoms in total. The summed E-state index contributed by atoms with van der Waals surface area (Å²) < 4.78 is 11.4. The van der Waals surface area contributed by atoms with Gasteiger partial charge in [-0.05, 0) is 38.5 Å². The summed E-state index contributed by atoms with van der Waals surface area (Å²) in [6, 6.07) is 0. The van der Waals surface area contributed by atoms with Crippen molar-refractivity contribution >= 4 is 15.9 Å². The standard InChI is InChI=1S/C14H27BrO2/c1-3-5-13-6-8-14(12-15,9-7-13)17-11-10-16-4-2/h13H,3-12H2,1-2H3. The zero-order valence-electron chi connectivity index (χ0n) is 11.3. The van der Waals surface area contributed by atoms with Gasteiger partial charge >= 0.3 is 0 Å². The van der Waals surface area contributed by atoms with Crippen molar-refractivity contribution in [2.75, 3.05) is 25.2 Å². The molecule has 1 aliphatic rings. The fraction of sp³-hybridized carbons (Fsp3) is 1.00. The minimum atomic E-state index is 0.0847. The first-order chi connectivity index (χ1) is 8.26. The van der Waals surface area contributed by atoms with Gasteiger partial charge in [0.2, 0.25) is 0 Å². The van der Waals surface area contributed by atoms with Gasteiger partial charge in [-0.15, -0.1) is 0 Å². The van der Waals surface area contributed by atoms with Gasteiger partial charge in [-0.3, -0.25) is 0 Å². The second-order valence-electron chi connectivity index (χ2n) is 5.09. The number of hydrogen-bond donors (Lipinski definition) is 0. The number of rotatable bonds is 8. The number of halogens is 1. The summed E-state index contributed by atoms with van der Waals surface area (Å²) in [5.41, 5.74) is 0.0847. The smallest absolute Gasteiger partial charge is 0.0780 e. The Hall–Kier alpha value is 0.400. The molecule has 0 heterocycles. The first kappa shape index (κ1) is 15.5. The van der Waals surface area contributed by atoms with Crippen molar-refractivity contribution in [3.63, 3.8) is 0 Å². The minimum Gasteiger partial charge on any atom is -0.379 e. The molecule has 0 spiro atoms. The molecule has 0 bridgehead atoms. The Morgan fingerprint density at radius 3 is 2.41 bits per heavy atom. The van der Waals surface area contributed by atoms with Gasteiger partial charge in [-0.1, -0.05) is 35.7 Å². The maximum Gasteiger partial charge on any atom is 0.0780 e. The zero-order chi connectivity index (χ0) is 12.6. The lowest BCUT2D eigenvalue weighted by Gasteiger charge is -2.39. The Morgan fingerprint density at radius 1 is 1.18 bits per heavy atom. The molecule has 0 N–H and O–H groups in total. The molecule has 0 aromatic carbocycles. The van der Waals surface area contributed by atoms with Gasteiger partial charge in [0.1, 0.15) is 0 Å². The van der Waals surface area contributed by atoms with E-state index in [4.69, 9.17) is 9.47 Å². The molecule has 1 fully saturated rings. The number of hydrogen-bond acceptors (Lipinski definition) is 2. The van der Waals surface area contributed by atoms with E-state index in [0.29, 0.717) is 0 Å². The van der Waals surface area contributed by atoms with Gasteiger partial charge in [0.25, 0.3) is 0 Å². The maximum absolute atomic E-state index is 6.08. The quantitative estimate of drug-likeness (QED) is 0.495. The highest BCUT2D eigenvalue weighted by Crippen LogP contribution is 2.37. The maximum atomic E-state index is 6.08. The Morgan fingerprint density at radius 2 is 1.88 bits per heavy atom. The normalized spacial score (nSPS) is 29.5. The topological polar surface area (TPSA) is 18.5 Å². The van der Waals surface area contributed by atoms with Crippen LogP contribution in [0.3, 0.4) is 0 Å². The van der Waals surface area contributed by atoms with Crippen LogP contribution in [-0.2, 0) is 9.47 Å². The van der Waals surface area contributed by atoms with Crippen molar-refractivity contribution in [1.29, 1.82) is 0 Å². The summed E-state index contributed by atoms with van der Waals surface area (Å²) in [6.45, 7) is 6.55. The fourth-order valence-electron chi connectivity index (χ4n) is 2.68. The van der Waals surface area contributed by atoms with Gasteiger partial charge in [0, 0.05) is 11.9 Å². The van der Waals surface area contributed by atoms with E-state index in [1.54, 1.807) is 0 Å². The van der Waals surface area contributed by atoms with E-state index >= 15 is 0 Å². The van der Waals surface area contributed by atoms with Crippen LogP contribution < -0.4 is 0 Å². The van der Waals surface area contributed by atoms with E-state index in [1.807, 2.05) is 6.92 Å². The summed E-state index contributed by atoms with van der Waals surface area (Å²) in [7, 11) is 0. The van der Waals surface area contributed by atoms with Gasteiger partial charge in [-0.25, -0.2) is 0 Å². The molecule has 1 saturated carbocycles. The van der Waals surface area contributed by atoms with E-state index in [1.165, 1.54) is 38.5 Å². The second-order valence-corrected chi connectivity index (χ2v) is 5.65. The molecule has 3 heteroatoms. The second kappa shape index (κ2) is 8.49. The van der Waals surface area contributed by atoms with E-state index in [2.05, 4.69) is 22.9 Å². The van der Waals surface area contributed by atoms with Crippen molar-refractivity contribution in [2.45, 2.75) is 58.0 Å². The Bertz CT molecular complexity index is 183. The molecule has 0 radical (unpaired) electrons. The van der Waals surface area contributed by atoms with Crippen LogP contribution in [0.4, 0.5) is 0 Å². The molecule has 0 aromatic rings. The Labute approximate surface area is 115 Å². The van der Waals surface area contributed by atoms with Crippen molar-refractivity contribution in [3.05, 3.63) is 0 Å². The molecule has 1 aliphatic carbocycles. The third-order valence-corrected chi connectivity index (χ3v) is 4.82. The van der Waals surface area contributed by atoms with Crippen LogP contribution in [0.1, 0.15) is 52.4 Å². The predicted octanol–water partition coefficient (Wildman–Crippen LogP) is 4.16. The average Bonchev–Trinajstić information content (AvgIpc) is 2.37. The van der Waals surface area contributed by atoms with Gasteiger partial charge in [-0.2, -0.15) is 0 Å². The lowest BCUT2D eigenvalue weighted by molar-refractivity contribution is -0.0782. The lowest BCUT2D eigenvalue weighted by atomic mass is 9.78. The molecule has 0 saturated heterocycles. The molecular formula is C14H27BrO2. The minimum absolute atomic E-state index is 0.0847. The summed E-state index contributed by atoms with van der Waals surface area (Å²) in [4.78, 5) is 0. The predicted molar refractivity (Wildman–Crippen MR) is 75.8 cm³/mol. The zero-order valence-corrected chi connectivity index (χ0v) is 12.9. The first-order valence-electron chi connectivity index (χ1n) is 7.04. The lowest BCUT2D eigenvalue weighted by Crippen LogP contribution is -2.39. The molecule has 1 rings (SSSR count). The molecule has 0 atom stereocenters. The van der Waals surface area contributed by atoms with Crippen LogP contribution >= 0.6 is 15.9 Å². The monoisotopic (exact) mass is 306 g/mol. The van der Waals surface area contributed by atoms with Gasteiger partial charge < -0.3 is 9.47 Å². The highest BCUT2D eigenvalue weighted by Gasteiger charge is 2.34. The molecule has 17 heavy (non-hydrogen) atoms. The van der Waals surface area contributed by atoms with Crippen LogP contribution in [0.5, 0.6) is 0 Å². The third kappa shape index (κ3) is 5.27. The summed E-state index contributed by atoms with van der Waals surface area (Å²) in [5, 5.41) is 0.963. The Kier molecular flexibility index (Phi) is 7.72. The van der Waals surface area contributed by atoms with Crippen LogP contribution in [-0.4, -0.2) is 30.8 Å². The number of ether oxygens (including phenoxy) is 2. The summed E-state index contributed by atoms with van der Waals surface area (Å²) in [6.07, 6.45) is 7.76. The highest BCUT2D eigenvalue weighted by atomic mass is 79.9. The summed E-state index contributed by atoms with van der Waals surface area (Å²) in [5.74, 6) is 0.933. The van der Waals surface area contributed by atoms with E-state index in [9.17, 15) is 0 Å². The van der Waals surface area contributed by atoms with Crippen molar-refractivity contribution in [2.24, 2.45) is 5.92 Å². The SMILES string of the molecule is CCCC1CCC(CBr)(OCCOCC)CC1. The van der Waals surface area contributed by atoms with Crippen molar-refractivity contribution in [1.82, 2.24) is 0 Å². The molecule has 0 amide bonds. The van der Waals surface area contributed by atoms with E-state index in [0.717, 1.165) is 31.1 Å². The molecule has 0 aromatic heterocycles. The van der Waals surface area contributed by atoms with Crippen LogP contribution in [0.2, 0.25) is 0 Å². The number of alkyl halides is 1. The molecular weight excluding hydrogens is 280 g/mol. The fourth-order valence-corrected chi connectivity index (χ4v) is 3.40. The van der Waals surface area contributed by atoms with E-state index in [-0.39, 0.29) is 5.60 Å².